The molecule has 2 aromatic heterocycles. The van der Waals surface area contributed by atoms with Gasteiger partial charge in [0.05, 0.1) is 7.11 Å². The lowest BCUT2D eigenvalue weighted by molar-refractivity contribution is 0.0691. The first-order valence-corrected chi connectivity index (χ1v) is 5.89. The van der Waals surface area contributed by atoms with E-state index in [4.69, 9.17) is 9.84 Å². The lowest BCUT2D eigenvalue weighted by Gasteiger charge is -2.05. The van der Waals surface area contributed by atoms with E-state index in [1.165, 1.54) is 12.5 Å². The van der Waals surface area contributed by atoms with E-state index in [9.17, 15) is 4.79 Å². The van der Waals surface area contributed by atoms with Gasteiger partial charge in [0.2, 0.25) is 0 Å². The average molecular weight is 269 g/mol. The highest BCUT2D eigenvalue weighted by atomic mass is 16.5. The molecule has 0 saturated carbocycles. The summed E-state index contributed by atoms with van der Waals surface area (Å²) in [4.78, 5) is 19.2. The minimum Gasteiger partial charge on any atom is -0.497 e. The van der Waals surface area contributed by atoms with E-state index in [-0.39, 0.29) is 5.69 Å². The summed E-state index contributed by atoms with van der Waals surface area (Å²) in [7, 11) is 1.59. The summed E-state index contributed by atoms with van der Waals surface area (Å²) < 4.78 is 6.79. The first-order chi connectivity index (χ1) is 9.69. The van der Waals surface area contributed by atoms with Crippen molar-refractivity contribution in [3.05, 3.63) is 48.7 Å². The maximum Gasteiger partial charge on any atom is 0.356 e. The fourth-order valence-electron chi connectivity index (χ4n) is 2.02. The second-order valence-electron chi connectivity index (χ2n) is 4.20. The zero-order valence-electron chi connectivity index (χ0n) is 10.6. The number of hydrogen-bond acceptors (Lipinski definition) is 4. The molecule has 0 atom stereocenters. The van der Waals surface area contributed by atoms with Crippen LogP contribution in [0.15, 0.2) is 43.0 Å². The second kappa shape index (κ2) is 4.65. The summed E-state index contributed by atoms with van der Waals surface area (Å²) in [5, 5.41) is 9.01. The average Bonchev–Trinajstić information content (AvgIpc) is 2.91. The molecule has 0 bridgehead atoms. The van der Waals surface area contributed by atoms with E-state index >= 15 is 0 Å². The van der Waals surface area contributed by atoms with Crippen molar-refractivity contribution in [3.63, 3.8) is 0 Å². The van der Waals surface area contributed by atoms with E-state index in [1.807, 2.05) is 24.3 Å². The van der Waals surface area contributed by atoms with E-state index < -0.39 is 5.97 Å². The fraction of sp³-hybridized carbons (Fsp3) is 0.0714. The summed E-state index contributed by atoms with van der Waals surface area (Å²) >= 11 is 0. The SMILES string of the molecule is COc1cccc(-c2cncn3cc(C(=O)O)nc23)c1. The maximum absolute atomic E-state index is 11.0. The number of aromatic carboxylic acids is 1. The van der Waals surface area contributed by atoms with Crippen LogP contribution in [-0.2, 0) is 0 Å². The molecule has 0 unspecified atom stereocenters. The van der Waals surface area contributed by atoms with Crippen molar-refractivity contribution in [2.75, 3.05) is 7.11 Å². The lowest BCUT2D eigenvalue weighted by Crippen LogP contribution is -1.95. The summed E-state index contributed by atoms with van der Waals surface area (Å²) in [6, 6.07) is 7.45. The molecule has 3 aromatic rings. The van der Waals surface area contributed by atoms with Crippen molar-refractivity contribution in [1.82, 2.24) is 14.4 Å². The van der Waals surface area contributed by atoms with Crippen molar-refractivity contribution < 1.29 is 14.6 Å². The summed E-state index contributed by atoms with van der Waals surface area (Å²) in [6.45, 7) is 0. The van der Waals surface area contributed by atoms with Crippen LogP contribution in [0.25, 0.3) is 16.8 Å². The van der Waals surface area contributed by atoms with Gasteiger partial charge in [0, 0.05) is 18.0 Å². The van der Waals surface area contributed by atoms with Gasteiger partial charge in [0.25, 0.3) is 0 Å². The first-order valence-electron chi connectivity index (χ1n) is 5.89. The molecule has 3 rings (SSSR count). The van der Waals surface area contributed by atoms with Crippen molar-refractivity contribution in [2.24, 2.45) is 0 Å². The van der Waals surface area contributed by atoms with Crippen molar-refractivity contribution >= 4 is 11.6 Å². The van der Waals surface area contributed by atoms with Crippen LogP contribution in [0.1, 0.15) is 10.5 Å². The third-order valence-electron chi connectivity index (χ3n) is 2.97. The highest BCUT2D eigenvalue weighted by Crippen LogP contribution is 2.26. The number of hydrogen-bond donors (Lipinski definition) is 1. The number of methoxy groups -OCH3 is 1. The van der Waals surface area contributed by atoms with Gasteiger partial charge in [-0.1, -0.05) is 12.1 Å². The first kappa shape index (κ1) is 12.2. The van der Waals surface area contributed by atoms with Crippen molar-refractivity contribution in [3.8, 4) is 16.9 Å². The Bertz CT molecular complexity index is 795. The van der Waals surface area contributed by atoms with Crippen molar-refractivity contribution in [1.29, 1.82) is 0 Å². The topological polar surface area (TPSA) is 76.7 Å². The monoisotopic (exact) mass is 269 g/mol. The minimum absolute atomic E-state index is 0.0119. The largest absolute Gasteiger partial charge is 0.497 e. The Hall–Kier alpha value is -2.89. The van der Waals surface area contributed by atoms with Gasteiger partial charge in [-0.2, -0.15) is 0 Å². The Morgan fingerprint density at radius 3 is 3.00 bits per heavy atom. The molecule has 6 heteroatoms. The number of rotatable bonds is 3. The molecule has 1 aromatic carbocycles. The van der Waals surface area contributed by atoms with E-state index in [0.29, 0.717) is 5.65 Å². The molecule has 0 amide bonds. The maximum atomic E-state index is 11.0. The van der Waals surface area contributed by atoms with Crippen LogP contribution in [0, 0.1) is 0 Å². The van der Waals surface area contributed by atoms with Crippen LogP contribution in [0.2, 0.25) is 0 Å². The lowest BCUT2D eigenvalue weighted by atomic mass is 10.1. The Morgan fingerprint density at radius 2 is 2.25 bits per heavy atom. The second-order valence-corrected chi connectivity index (χ2v) is 4.20. The molecular weight excluding hydrogens is 258 g/mol. The van der Waals surface area contributed by atoms with Gasteiger partial charge in [0.15, 0.2) is 5.69 Å². The number of carbonyl (C=O) groups is 1. The van der Waals surface area contributed by atoms with Crippen LogP contribution < -0.4 is 4.74 Å². The Labute approximate surface area is 114 Å². The van der Waals surface area contributed by atoms with Crippen LogP contribution >= 0.6 is 0 Å². The van der Waals surface area contributed by atoms with E-state index in [2.05, 4.69) is 9.97 Å². The molecule has 0 saturated heterocycles. The third-order valence-corrected chi connectivity index (χ3v) is 2.97. The van der Waals surface area contributed by atoms with Crippen LogP contribution in [0.4, 0.5) is 0 Å². The molecule has 0 aliphatic carbocycles. The van der Waals surface area contributed by atoms with Gasteiger partial charge < -0.3 is 9.84 Å². The molecule has 0 spiro atoms. The molecule has 20 heavy (non-hydrogen) atoms. The standard InChI is InChI=1S/C14H11N3O3/c1-20-10-4-2-3-9(5-10)11-6-15-8-17-7-12(14(18)19)16-13(11)17/h2-8H,1H3,(H,18,19). The summed E-state index contributed by atoms with van der Waals surface area (Å²) in [5.74, 6) is -0.347. The molecule has 6 nitrogen and oxygen atoms in total. The van der Waals surface area contributed by atoms with Crippen LogP contribution in [0.5, 0.6) is 5.75 Å². The molecule has 0 aliphatic rings. The predicted molar refractivity (Wildman–Crippen MR) is 71.9 cm³/mol. The number of carboxylic acids is 1. The number of ether oxygens (including phenoxy) is 1. The molecule has 2 heterocycles. The number of fused-ring (bicyclic) bond motifs is 1. The highest BCUT2D eigenvalue weighted by Gasteiger charge is 2.13. The van der Waals surface area contributed by atoms with Gasteiger partial charge in [-0.15, -0.1) is 0 Å². The number of carboxylic acid groups (broad SMARTS) is 1. The number of imidazole rings is 1. The van der Waals surface area contributed by atoms with E-state index in [0.717, 1.165) is 16.9 Å². The van der Waals surface area contributed by atoms with Gasteiger partial charge in [-0.25, -0.2) is 14.8 Å². The van der Waals surface area contributed by atoms with Gasteiger partial charge in [-0.05, 0) is 17.7 Å². The third kappa shape index (κ3) is 1.97. The van der Waals surface area contributed by atoms with Gasteiger partial charge >= 0.3 is 5.97 Å². The Kier molecular flexibility index (Phi) is 2.83. The Morgan fingerprint density at radius 1 is 1.40 bits per heavy atom. The number of nitrogens with zero attached hydrogens (tertiary/aromatic N) is 3. The van der Waals surface area contributed by atoms with E-state index in [1.54, 1.807) is 17.7 Å². The number of benzene rings is 1. The normalized spacial score (nSPS) is 10.7. The zero-order chi connectivity index (χ0) is 14.1. The molecular formula is C14H11N3O3. The number of aromatic nitrogens is 3. The fourth-order valence-corrected chi connectivity index (χ4v) is 2.02. The minimum atomic E-state index is -1.06. The van der Waals surface area contributed by atoms with Gasteiger partial charge in [0.1, 0.15) is 17.7 Å². The van der Waals surface area contributed by atoms with Crippen molar-refractivity contribution in [2.45, 2.75) is 0 Å². The zero-order valence-corrected chi connectivity index (χ0v) is 10.6. The molecule has 100 valence electrons. The quantitative estimate of drug-likeness (QED) is 0.788. The molecule has 0 radical (unpaired) electrons. The smallest absolute Gasteiger partial charge is 0.356 e. The summed E-state index contributed by atoms with van der Waals surface area (Å²) in [6.07, 6.45) is 4.62. The predicted octanol–water partition coefficient (Wildman–Crippen LogP) is 2.10. The van der Waals surface area contributed by atoms with Crippen LogP contribution in [-0.4, -0.2) is 32.6 Å². The highest BCUT2D eigenvalue weighted by molar-refractivity contribution is 5.88. The molecule has 0 aliphatic heterocycles. The van der Waals surface area contributed by atoms with Crippen LogP contribution in [0.3, 0.4) is 0 Å². The molecule has 0 fully saturated rings. The molecule has 1 N–H and O–H groups in total. The summed E-state index contributed by atoms with van der Waals surface area (Å²) in [5.41, 5.74) is 2.15. The van der Waals surface area contributed by atoms with Gasteiger partial charge in [-0.3, -0.25) is 4.40 Å². The Balaban J connectivity index is 2.22.